The molecule has 0 spiro atoms. The molecule has 0 amide bonds. The van der Waals surface area contributed by atoms with Crippen molar-refractivity contribution in [3.8, 4) is 5.69 Å². The van der Waals surface area contributed by atoms with E-state index in [0.717, 1.165) is 14.8 Å². The first-order chi connectivity index (χ1) is 7.58. The Hall–Kier alpha value is -0.660. The molecule has 0 unspecified atom stereocenters. The Bertz CT molecular complexity index is 553. The number of halogens is 2. The standard InChI is InChI=1S/C10H7ClIN3S/c11-6-1-2-9(8(3-6)10(13)16)15-5-7(12)4-14-15/h1-5H,(H2,13,16). The van der Waals surface area contributed by atoms with E-state index in [1.54, 1.807) is 23.0 Å². The highest BCUT2D eigenvalue weighted by atomic mass is 127. The number of hydrogen-bond donors (Lipinski definition) is 1. The van der Waals surface area contributed by atoms with Gasteiger partial charge in [-0.1, -0.05) is 23.8 Å². The molecule has 0 saturated heterocycles. The van der Waals surface area contributed by atoms with E-state index in [-0.39, 0.29) is 0 Å². The zero-order chi connectivity index (χ0) is 11.7. The van der Waals surface area contributed by atoms with Crippen molar-refractivity contribution in [3.05, 3.63) is 44.7 Å². The summed E-state index contributed by atoms with van der Waals surface area (Å²) in [7, 11) is 0. The second-order valence-electron chi connectivity index (χ2n) is 3.13. The summed E-state index contributed by atoms with van der Waals surface area (Å²) in [6.45, 7) is 0. The lowest BCUT2D eigenvalue weighted by molar-refractivity contribution is 0.878. The van der Waals surface area contributed by atoms with Crippen molar-refractivity contribution in [1.29, 1.82) is 0 Å². The minimum Gasteiger partial charge on any atom is -0.389 e. The van der Waals surface area contributed by atoms with Crippen LogP contribution in [0.3, 0.4) is 0 Å². The summed E-state index contributed by atoms with van der Waals surface area (Å²) < 4.78 is 2.77. The molecular formula is C10H7ClIN3S. The van der Waals surface area contributed by atoms with Crippen molar-refractivity contribution in [3.63, 3.8) is 0 Å². The Kier molecular flexibility index (Phi) is 3.46. The number of nitrogens with zero attached hydrogens (tertiary/aromatic N) is 2. The zero-order valence-corrected chi connectivity index (χ0v) is 11.8. The predicted molar refractivity (Wildman–Crippen MR) is 77.2 cm³/mol. The van der Waals surface area contributed by atoms with Gasteiger partial charge in [0.1, 0.15) is 4.99 Å². The Labute approximate surface area is 117 Å². The summed E-state index contributed by atoms with van der Waals surface area (Å²) in [6, 6.07) is 5.38. The molecular weight excluding hydrogens is 357 g/mol. The molecule has 0 fully saturated rings. The van der Waals surface area contributed by atoms with Crippen LogP contribution in [-0.4, -0.2) is 14.8 Å². The summed E-state index contributed by atoms with van der Waals surface area (Å²) in [6.07, 6.45) is 3.66. The molecule has 0 radical (unpaired) electrons. The SMILES string of the molecule is NC(=S)c1cc(Cl)ccc1-n1cc(I)cn1. The van der Waals surface area contributed by atoms with E-state index >= 15 is 0 Å². The summed E-state index contributed by atoms with van der Waals surface area (Å²) >= 11 is 13.1. The minimum absolute atomic E-state index is 0.308. The largest absolute Gasteiger partial charge is 0.389 e. The Morgan fingerprint density at radius 2 is 2.25 bits per heavy atom. The van der Waals surface area contributed by atoms with Crippen LogP contribution in [0.2, 0.25) is 5.02 Å². The fraction of sp³-hybridized carbons (Fsp3) is 0. The van der Waals surface area contributed by atoms with Gasteiger partial charge in [-0.3, -0.25) is 0 Å². The summed E-state index contributed by atoms with van der Waals surface area (Å²) in [4.78, 5) is 0.308. The molecule has 0 saturated carbocycles. The van der Waals surface area contributed by atoms with Crippen LogP contribution in [0.4, 0.5) is 0 Å². The Morgan fingerprint density at radius 3 is 2.81 bits per heavy atom. The smallest absolute Gasteiger partial charge is 0.106 e. The molecule has 3 nitrogen and oxygen atoms in total. The van der Waals surface area contributed by atoms with Crippen LogP contribution in [0.5, 0.6) is 0 Å². The van der Waals surface area contributed by atoms with Crippen LogP contribution in [0, 0.1) is 3.57 Å². The molecule has 0 bridgehead atoms. The van der Waals surface area contributed by atoms with Gasteiger partial charge in [-0.25, -0.2) is 4.68 Å². The van der Waals surface area contributed by atoms with Crippen molar-refractivity contribution in [1.82, 2.24) is 9.78 Å². The molecule has 0 aliphatic rings. The highest BCUT2D eigenvalue weighted by molar-refractivity contribution is 14.1. The maximum Gasteiger partial charge on any atom is 0.106 e. The van der Waals surface area contributed by atoms with Crippen LogP contribution < -0.4 is 5.73 Å². The van der Waals surface area contributed by atoms with Crippen LogP contribution in [0.1, 0.15) is 5.56 Å². The summed E-state index contributed by atoms with van der Waals surface area (Å²) in [5.41, 5.74) is 7.21. The second-order valence-corrected chi connectivity index (χ2v) is 5.25. The third-order valence-corrected chi connectivity index (χ3v) is 3.03. The normalized spacial score (nSPS) is 10.4. The summed E-state index contributed by atoms with van der Waals surface area (Å²) in [5.74, 6) is 0. The molecule has 0 atom stereocenters. The fourth-order valence-corrected chi connectivity index (χ4v) is 2.06. The monoisotopic (exact) mass is 363 g/mol. The van der Waals surface area contributed by atoms with Crippen LogP contribution in [-0.2, 0) is 0 Å². The molecule has 1 aromatic carbocycles. The van der Waals surface area contributed by atoms with Gasteiger partial charge in [0.2, 0.25) is 0 Å². The zero-order valence-electron chi connectivity index (χ0n) is 8.02. The van der Waals surface area contributed by atoms with Crippen molar-refractivity contribution in [2.75, 3.05) is 0 Å². The van der Waals surface area contributed by atoms with E-state index in [4.69, 9.17) is 29.6 Å². The van der Waals surface area contributed by atoms with Gasteiger partial charge in [-0.05, 0) is 40.8 Å². The van der Waals surface area contributed by atoms with E-state index in [1.807, 2.05) is 12.3 Å². The first kappa shape index (κ1) is 11.8. The molecule has 0 aliphatic heterocycles. The van der Waals surface area contributed by atoms with Gasteiger partial charge in [0.15, 0.2) is 0 Å². The minimum atomic E-state index is 0.308. The lowest BCUT2D eigenvalue weighted by atomic mass is 10.2. The quantitative estimate of drug-likeness (QED) is 0.659. The average molecular weight is 364 g/mol. The maximum atomic E-state index is 5.91. The maximum absolute atomic E-state index is 5.91. The van der Waals surface area contributed by atoms with Gasteiger partial charge < -0.3 is 5.73 Å². The highest BCUT2D eigenvalue weighted by Gasteiger charge is 2.08. The third-order valence-electron chi connectivity index (χ3n) is 2.02. The molecule has 2 aromatic rings. The van der Waals surface area contributed by atoms with Crippen LogP contribution in [0.25, 0.3) is 5.69 Å². The highest BCUT2D eigenvalue weighted by Crippen LogP contribution is 2.20. The molecule has 82 valence electrons. The van der Waals surface area contributed by atoms with E-state index < -0.39 is 0 Å². The number of rotatable bonds is 2. The molecule has 2 N–H and O–H groups in total. The first-order valence-electron chi connectivity index (χ1n) is 4.38. The number of hydrogen-bond acceptors (Lipinski definition) is 2. The predicted octanol–water partition coefficient (Wildman–Crippen LogP) is 2.76. The molecule has 0 aliphatic carbocycles. The molecule has 6 heteroatoms. The number of aromatic nitrogens is 2. The first-order valence-corrected chi connectivity index (χ1v) is 6.24. The van der Waals surface area contributed by atoms with Crippen molar-refractivity contribution in [2.45, 2.75) is 0 Å². The van der Waals surface area contributed by atoms with Gasteiger partial charge in [-0.15, -0.1) is 0 Å². The van der Waals surface area contributed by atoms with Crippen LogP contribution in [0.15, 0.2) is 30.6 Å². The van der Waals surface area contributed by atoms with Gasteiger partial charge in [-0.2, -0.15) is 5.10 Å². The van der Waals surface area contributed by atoms with E-state index in [2.05, 4.69) is 27.7 Å². The molecule has 2 rings (SSSR count). The lowest BCUT2D eigenvalue weighted by Crippen LogP contribution is -2.13. The van der Waals surface area contributed by atoms with E-state index in [0.29, 0.717) is 10.0 Å². The Balaban J connectivity index is 2.60. The fourth-order valence-electron chi connectivity index (χ4n) is 1.34. The van der Waals surface area contributed by atoms with Gasteiger partial charge in [0.25, 0.3) is 0 Å². The van der Waals surface area contributed by atoms with Crippen molar-refractivity contribution >= 4 is 51.4 Å². The Morgan fingerprint density at radius 1 is 1.50 bits per heavy atom. The molecule has 1 heterocycles. The van der Waals surface area contributed by atoms with Crippen molar-refractivity contribution < 1.29 is 0 Å². The van der Waals surface area contributed by atoms with Crippen LogP contribution >= 0.6 is 46.4 Å². The second kappa shape index (κ2) is 4.68. The van der Waals surface area contributed by atoms with Crippen molar-refractivity contribution in [2.24, 2.45) is 5.73 Å². The topological polar surface area (TPSA) is 43.8 Å². The van der Waals surface area contributed by atoms with Gasteiger partial charge in [0.05, 0.1) is 15.5 Å². The summed E-state index contributed by atoms with van der Waals surface area (Å²) in [5, 5.41) is 4.81. The lowest BCUT2D eigenvalue weighted by Gasteiger charge is -2.08. The van der Waals surface area contributed by atoms with Gasteiger partial charge >= 0.3 is 0 Å². The molecule has 16 heavy (non-hydrogen) atoms. The number of nitrogens with two attached hydrogens (primary N) is 1. The van der Waals surface area contributed by atoms with Gasteiger partial charge in [0, 0.05) is 16.8 Å². The molecule has 1 aromatic heterocycles. The average Bonchev–Trinajstić information content (AvgIpc) is 2.64. The van der Waals surface area contributed by atoms with E-state index in [1.165, 1.54) is 0 Å². The third kappa shape index (κ3) is 2.36. The number of thiocarbonyl (C=S) groups is 1. The van der Waals surface area contributed by atoms with E-state index in [9.17, 15) is 0 Å². The number of benzene rings is 1.